The van der Waals surface area contributed by atoms with Crippen LogP contribution < -0.4 is 10.6 Å². The fourth-order valence-corrected chi connectivity index (χ4v) is 1.77. The lowest BCUT2D eigenvalue weighted by molar-refractivity contribution is -0.115. The molecule has 0 aliphatic carbocycles. The minimum Gasteiger partial charge on any atom is -0.380 e. The first-order chi connectivity index (χ1) is 9.08. The third-order valence-corrected chi connectivity index (χ3v) is 2.90. The van der Waals surface area contributed by atoms with Gasteiger partial charge in [-0.1, -0.05) is 13.0 Å². The van der Waals surface area contributed by atoms with Crippen molar-refractivity contribution in [2.75, 3.05) is 23.8 Å². The van der Waals surface area contributed by atoms with Crippen LogP contribution in [0, 0.1) is 6.92 Å². The van der Waals surface area contributed by atoms with Crippen molar-refractivity contribution >= 4 is 17.3 Å². The van der Waals surface area contributed by atoms with E-state index in [0.717, 1.165) is 23.5 Å². The Hall–Kier alpha value is -1.55. The molecule has 4 nitrogen and oxygen atoms in total. The summed E-state index contributed by atoms with van der Waals surface area (Å²) < 4.78 is 5.39. The van der Waals surface area contributed by atoms with Crippen LogP contribution in [0.3, 0.4) is 0 Å². The lowest BCUT2D eigenvalue weighted by Crippen LogP contribution is -2.22. The van der Waals surface area contributed by atoms with Crippen LogP contribution in [0.5, 0.6) is 0 Å². The summed E-state index contributed by atoms with van der Waals surface area (Å²) in [5, 5.41) is 6.31. The number of ether oxygens (including phenoxy) is 1. The topological polar surface area (TPSA) is 50.4 Å². The highest BCUT2D eigenvalue weighted by Gasteiger charge is 2.08. The van der Waals surface area contributed by atoms with Crippen LogP contribution >= 0.6 is 0 Å². The normalized spacial score (nSPS) is 12.0. The van der Waals surface area contributed by atoms with Crippen LogP contribution in [0.25, 0.3) is 0 Å². The van der Waals surface area contributed by atoms with Gasteiger partial charge in [0.15, 0.2) is 0 Å². The summed E-state index contributed by atoms with van der Waals surface area (Å²) in [6.45, 7) is 9.29. The zero-order chi connectivity index (χ0) is 14.3. The van der Waals surface area contributed by atoms with Crippen molar-refractivity contribution in [2.45, 2.75) is 40.2 Å². The number of rotatable bonds is 7. The smallest absolute Gasteiger partial charge is 0.224 e. The van der Waals surface area contributed by atoms with Crippen LogP contribution in [0.2, 0.25) is 0 Å². The number of amides is 1. The zero-order valence-corrected chi connectivity index (χ0v) is 12.2. The minimum absolute atomic E-state index is 0.0302. The summed E-state index contributed by atoms with van der Waals surface area (Å²) in [7, 11) is 0. The molecule has 4 heteroatoms. The van der Waals surface area contributed by atoms with Crippen molar-refractivity contribution in [2.24, 2.45) is 0 Å². The summed E-state index contributed by atoms with van der Waals surface area (Å²) in [4.78, 5) is 11.5. The molecule has 1 aromatic carbocycles. The van der Waals surface area contributed by atoms with Crippen LogP contribution in [0.4, 0.5) is 11.4 Å². The van der Waals surface area contributed by atoms with Crippen LogP contribution in [0.1, 0.15) is 32.8 Å². The maximum absolute atomic E-state index is 11.5. The van der Waals surface area contributed by atoms with E-state index in [9.17, 15) is 4.79 Å². The number of hydrogen-bond acceptors (Lipinski definition) is 3. The molecule has 1 unspecified atom stereocenters. The van der Waals surface area contributed by atoms with Crippen LogP contribution in [-0.2, 0) is 9.53 Å². The van der Waals surface area contributed by atoms with E-state index in [4.69, 9.17) is 4.74 Å². The lowest BCUT2D eigenvalue weighted by Gasteiger charge is -2.18. The van der Waals surface area contributed by atoms with E-state index in [0.29, 0.717) is 13.0 Å². The number of hydrogen-bond donors (Lipinski definition) is 2. The van der Waals surface area contributed by atoms with Crippen LogP contribution in [0.15, 0.2) is 18.2 Å². The Kier molecular flexibility index (Phi) is 6.36. The molecule has 1 aromatic rings. The van der Waals surface area contributed by atoms with Gasteiger partial charge in [0.05, 0.1) is 6.61 Å². The van der Waals surface area contributed by atoms with E-state index in [1.807, 2.05) is 39.0 Å². The Morgan fingerprint density at radius 3 is 2.63 bits per heavy atom. The number of anilines is 2. The van der Waals surface area contributed by atoms with Gasteiger partial charge in [0, 0.05) is 30.4 Å². The fourth-order valence-electron chi connectivity index (χ4n) is 1.77. The molecule has 0 heterocycles. The SMILES string of the molecule is CCOCC(C)Nc1cccc(NC(=O)CC)c1C. The van der Waals surface area contributed by atoms with E-state index in [2.05, 4.69) is 17.6 Å². The van der Waals surface area contributed by atoms with Crippen molar-refractivity contribution in [3.63, 3.8) is 0 Å². The first kappa shape index (κ1) is 15.5. The zero-order valence-electron chi connectivity index (χ0n) is 12.2. The Balaban J connectivity index is 2.74. The van der Waals surface area contributed by atoms with Gasteiger partial charge in [-0.3, -0.25) is 4.79 Å². The molecule has 0 saturated heterocycles. The van der Waals surface area contributed by atoms with E-state index in [-0.39, 0.29) is 11.9 Å². The van der Waals surface area contributed by atoms with Crippen molar-refractivity contribution in [1.82, 2.24) is 0 Å². The van der Waals surface area contributed by atoms with E-state index in [1.165, 1.54) is 0 Å². The molecule has 2 N–H and O–H groups in total. The Bertz CT molecular complexity index is 419. The van der Waals surface area contributed by atoms with Gasteiger partial charge in [0.25, 0.3) is 0 Å². The van der Waals surface area contributed by atoms with Gasteiger partial charge in [-0.05, 0) is 38.5 Å². The molecule has 0 fully saturated rings. The average Bonchev–Trinajstić information content (AvgIpc) is 2.40. The molecule has 1 rings (SSSR count). The first-order valence-corrected chi connectivity index (χ1v) is 6.82. The molecule has 1 atom stereocenters. The summed E-state index contributed by atoms with van der Waals surface area (Å²) in [5.41, 5.74) is 2.94. The third-order valence-electron chi connectivity index (χ3n) is 2.90. The second-order valence-corrected chi connectivity index (χ2v) is 4.58. The summed E-state index contributed by atoms with van der Waals surface area (Å²) in [6, 6.07) is 6.10. The molecule has 0 saturated carbocycles. The average molecular weight is 264 g/mol. The Labute approximate surface area is 115 Å². The largest absolute Gasteiger partial charge is 0.380 e. The maximum atomic E-state index is 11.5. The predicted octanol–water partition coefficient (Wildman–Crippen LogP) is 3.18. The number of carbonyl (C=O) groups excluding carboxylic acids is 1. The van der Waals surface area contributed by atoms with Crippen LogP contribution in [-0.4, -0.2) is 25.2 Å². The van der Waals surface area contributed by atoms with Crippen molar-refractivity contribution in [1.29, 1.82) is 0 Å². The Morgan fingerprint density at radius 2 is 2.00 bits per heavy atom. The third kappa shape index (κ3) is 4.91. The number of benzene rings is 1. The van der Waals surface area contributed by atoms with E-state index in [1.54, 1.807) is 0 Å². The van der Waals surface area contributed by atoms with Crippen molar-refractivity contribution < 1.29 is 9.53 Å². The quantitative estimate of drug-likeness (QED) is 0.795. The highest BCUT2D eigenvalue weighted by atomic mass is 16.5. The number of nitrogens with one attached hydrogen (secondary N) is 2. The van der Waals surface area contributed by atoms with Gasteiger partial charge in [0.1, 0.15) is 0 Å². The molecular weight excluding hydrogens is 240 g/mol. The van der Waals surface area contributed by atoms with Gasteiger partial charge in [0.2, 0.25) is 5.91 Å². The predicted molar refractivity (Wildman–Crippen MR) is 79.7 cm³/mol. The minimum atomic E-state index is 0.0302. The highest BCUT2D eigenvalue weighted by molar-refractivity contribution is 5.92. The van der Waals surface area contributed by atoms with Gasteiger partial charge in [-0.25, -0.2) is 0 Å². The molecule has 0 aromatic heterocycles. The molecule has 0 aliphatic rings. The van der Waals surface area contributed by atoms with E-state index >= 15 is 0 Å². The second-order valence-electron chi connectivity index (χ2n) is 4.58. The maximum Gasteiger partial charge on any atom is 0.224 e. The molecular formula is C15H24N2O2. The first-order valence-electron chi connectivity index (χ1n) is 6.82. The lowest BCUT2D eigenvalue weighted by atomic mass is 10.1. The standard InChI is InChI=1S/C15H24N2O2/c1-5-15(18)17-14-9-7-8-13(12(14)4)16-11(3)10-19-6-2/h7-9,11,16H,5-6,10H2,1-4H3,(H,17,18). The molecule has 106 valence electrons. The highest BCUT2D eigenvalue weighted by Crippen LogP contribution is 2.24. The van der Waals surface area contributed by atoms with Crippen molar-refractivity contribution in [3.8, 4) is 0 Å². The second kappa shape index (κ2) is 7.79. The molecule has 1 amide bonds. The molecule has 0 spiro atoms. The molecule has 0 aliphatic heterocycles. The van der Waals surface area contributed by atoms with Gasteiger partial charge < -0.3 is 15.4 Å². The number of carbonyl (C=O) groups is 1. The molecule has 0 bridgehead atoms. The van der Waals surface area contributed by atoms with Gasteiger partial charge in [-0.2, -0.15) is 0 Å². The summed E-state index contributed by atoms with van der Waals surface area (Å²) in [6.07, 6.45) is 0.484. The molecule has 0 radical (unpaired) electrons. The van der Waals surface area contributed by atoms with Crippen molar-refractivity contribution in [3.05, 3.63) is 23.8 Å². The van der Waals surface area contributed by atoms with E-state index < -0.39 is 0 Å². The Morgan fingerprint density at radius 1 is 1.32 bits per heavy atom. The summed E-state index contributed by atoms with van der Waals surface area (Å²) in [5.74, 6) is 0.0302. The summed E-state index contributed by atoms with van der Waals surface area (Å²) >= 11 is 0. The van der Waals surface area contributed by atoms with Gasteiger partial charge >= 0.3 is 0 Å². The van der Waals surface area contributed by atoms with Gasteiger partial charge in [-0.15, -0.1) is 0 Å². The fraction of sp³-hybridized carbons (Fsp3) is 0.533. The molecule has 19 heavy (non-hydrogen) atoms. The monoisotopic (exact) mass is 264 g/mol.